The maximum absolute atomic E-state index is 11.2. The van der Waals surface area contributed by atoms with Crippen molar-refractivity contribution in [2.75, 3.05) is 7.11 Å². The van der Waals surface area contributed by atoms with Crippen LogP contribution in [0.15, 0.2) is 24.4 Å². The lowest BCUT2D eigenvalue weighted by molar-refractivity contribution is 0.0587. The predicted octanol–water partition coefficient (Wildman–Crippen LogP) is -0.904. The lowest BCUT2D eigenvalue weighted by Gasteiger charge is -2.03. The molecule has 0 fully saturated rings. The van der Waals surface area contributed by atoms with E-state index in [2.05, 4.69) is 14.7 Å². The first-order valence-electron chi connectivity index (χ1n) is 4.83. The van der Waals surface area contributed by atoms with Crippen LogP contribution in [-0.2, 0) is 4.74 Å². The molecule has 7 heteroatoms. The van der Waals surface area contributed by atoms with Crippen LogP contribution < -0.4 is 5.46 Å². The van der Waals surface area contributed by atoms with Crippen LogP contribution in [0.1, 0.15) is 10.6 Å². The molecule has 6 nitrogen and oxygen atoms in total. The van der Waals surface area contributed by atoms with Gasteiger partial charge in [-0.1, -0.05) is 12.1 Å². The normalized spacial score (nSPS) is 10.3. The molecule has 1 aromatic heterocycles. The third-order valence-electron chi connectivity index (χ3n) is 2.27. The Hall–Kier alpha value is -1.99. The van der Waals surface area contributed by atoms with Gasteiger partial charge in [0.25, 0.3) is 0 Å². The van der Waals surface area contributed by atoms with Crippen LogP contribution in [0.2, 0.25) is 0 Å². The highest BCUT2D eigenvalue weighted by atomic mass is 16.5. The summed E-state index contributed by atoms with van der Waals surface area (Å²) >= 11 is 0. The fourth-order valence-electron chi connectivity index (χ4n) is 1.39. The standard InChI is InChI=1S/C10H9BN2O4/c1-17-10(14)9-12-5-6-2-3-7(11(15)16)4-8(6)13-9/h2-5,15-16H,1H3. The number of esters is 1. The van der Waals surface area contributed by atoms with E-state index >= 15 is 0 Å². The molecule has 0 radical (unpaired) electrons. The average Bonchev–Trinajstić information content (AvgIpc) is 2.36. The monoisotopic (exact) mass is 232 g/mol. The molecule has 0 unspecified atom stereocenters. The maximum atomic E-state index is 11.2. The van der Waals surface area contributed by atoms with Gasteiger partial charge in [0.1, 0.15) is 0 Å². The quantitative estimate of drug-likeness (QED) is 0.514. The Morgan fingerprint density at radius 2 is 2.18 bits per heavy atom. The molecule has 0 saturated heterocycles. The van der Waals surface area contributed by atoms with Crippen molar-refractivity contribution in [3.63, 3.8) is 0 Å². The zero-order valence-corrected chi connectivity index (χ0v) is 8.99. The molecule has 2 rings (SSSR count). The fourth-order valence-corrected chi connectivity index (χ4v) is 1.39. The number of nitrogens with zero attached hydrogens (tertiary/aromatic N) is 2. The zero-order valence-electron chi connectivity index (χ0n) is 8.99. The van der Waals surface area contributed by atoms with E-state index in [4.69, 9.17) is 10.0 Å². The molecule has 2 N–H and O–H groups in total. The molecule has 0 aliphatic heterocycles. The fraction of sp³-hybridized carbons (Fsp3) is 0.100. The van der Waals surface area contributed by atoms with Crippen molar-refractivity contribution in [2.45, 2.75) is 0 Å². The SMILES string of the molecule is COC(=O)c1ncc2ccc(B(O)O)cc2n1. The number of hydrogen-bond donors (Lipinski definition) is 2. The van der Waals surface area contributed by atoms with E-state index < -0.39 is 13.1 Å². The van der Waals surface area contributed by atoms with E-state index in [1.54, 1.807) is 12.1 Å². The average molecular weight is 232 g/mol. The summed E-state index contributed by atoms with van der Waals surface area (Å²) in [6, 6.07) is 4.67. The van der Waals surface area contributed by atoms with Crippen LogP contribution in [0.4, 0.5) is 0 Å². The molecule has 1 aromatic carbocycles. The van der Waals surface area contributed by atoms with Gasteiger partial charge in [0.05, 0.1) is 12.6 Å². The Morgan fingerprint density at radius 3 is 2.82 bits per heavy atom. The third-order valence-corrected chi connectivity index (χ3v) is 2.27. The summed E-state index contributed by atoms with van der Waals surface area (Å²) in [7, 11) is -0.333. The number of aromatic nitrogens is 2. The lowest BCUT2D eigenvalue weighted by Crippen LogP contribution is -2.29. The van der Waals surface area contributed by atoms with Gasteiger partial charge < -0.3 is 14.8 Å². The molecule has 0 atom stereocenters. The molecule has 0 aliphatic carbocycles. The molecule has 0 bridgehead atoms. The first-order valence-corrected chi connectivity index (χ1v) is 4.83. The number of ether oxygens (including phenoxy) is 1. The van der Waals surface area contributed by atoms with Crippen LogP contribution in [0.5, 0.6) is 0 Å². The predicted molar refractivity (Wildman–Crippen MR) is 60.7 cm³/mol. The summed E-state index contributed by atoms with van der Waals surface area (Å²) in [5.74, 6) is -0.702. The van der Waals surface area contributed by atoms with Crippen LogP contribution in [0.25, 0.3) is 10.9 Å². The molecule has 0 aliphatic rings. The highest BCUT2D eigenvalue weighted by Crippen LogP contribution is 2.09. The van der Waals surface area contributed by atoms with Gasteiger partial charge in [0.15, 0.2) is 0 Å². The maximum Gasteiger partial charge on any atom is 0.488 e. The summed E-state index contributed by atoms with van der Waals surface area (Å²) in [6.45, 7) is 0. The van der Waals surface area contributed by atoms with Crippen LogP contribution in [-0.4, -0.2) is 40.2 Å². The van der Waals surface area contributed by atoms with Gasteiger partial charge in [-0.15, -0.1) is 0 Å². The Bertz CT molecular complexity index is 573. The highest BCUT2D eigenvalue weighted by Gasteiger charge is 2.13. The lowest BCUT2D eigenvalue weighted by atomic mass is 9.80. The largest absolute Gasteiger partial charge is 0.488 e. The summed E-state index contributed by atoms with van der Waals surface area (Å²) in [5.41, 5.74) is 0.748. The second-order valence-corrected chi connectivity index (χ2v) is 3.38. The van der Waals surface area contributed by atoms with E-state index in [1.165, 1.54) is 19.4 Å². The van der Waals surface area contributed by atoms with Gasteiger partial charge in [-0.3, -0.25) is 0 Å². The molecule has 0 spiro atoms. The number of carbonyl (C=O) groups excluding carboxylic acids is 1. The number of methoxy groups -OCH3 is 1. The minimum Gasteiger partial charge on any atom is -0.463 e. The second-order valence-electron chi connectivity index (χ2n) is 3.38. The van der Waals surface area contributed by atoms with E-state index in [-0.39, 0.29) is 5.82 Å². The molecule has 1 heterocycles. The van der Waals surface area contributed by atoms with Gasteiger partial charge in [-0.05, 0) is 11.5 Å². The number of fused-ring (bicyclic) bond motifs is 1. The minimum absolute atomic E-state index is 0.0652. The number of benzene rings is 1. The van der Waals surface area contributed by atoms with Gasteiger partial charge in [-0.25, -0.2) is 14.8 Å². The first kappa shape index (κ1) is 11.5. The molecule has 0 saturated carbocycles. The zero-order chi connectivity index (χ0) is 12.4. The Kier molecular flexibility index (Phi) is 3.03. The van der Waals surface area contributed by atoms with Crippen LogP contribution in [0, 0.1) is 0 Å². The second kappa shape index (κ2) is 4.48. The number of hydrogen-bond acceptors (Lipinski definition) is 6. The van der Waals surface area contributed by atoms with Crippen molar-refractivity contribution in [1.29, 1.82) is 0 Å². The Balaban J connectivity index is 2.54. The summed E-state index contributed by atoms with van der Waals surface area (Å²) in [5, 5.41) is 18.8. The third kappa shape index (κ3) is 2.25. The first-order chi connectivity index (χ1) is 8.11. The van der Waals surface area contributed by atoms with Crippen molar-refractivity contribution >= 4 is 29.5 Å². The summed E-state index contributed by atoms with van der Waals surface area (Å²) in [6.07, 6.45) is 1.47. The van der Waals surface area contributed by atoms with Crippen molar-refractivity contribution < 1.29 is 19.6 Å². The van der Waals surface area contributed by atoms with E-state index in [1.807, 2.05) is 0 Å². The Labute approximate surface area is 97.0 Å². The molecular formula is C10H9BN2O4. The van der Waals surface area contributed by atoms with E-state index in [9.17, 15) is 4.79 Å². The topological polar surface area (TPSA) is 92.5 Å². The van der Waals surface area contributed by atoms with Gasteiger partial charge in [0, 0.05) is 11.6 Å². The van der Waals surface area contributed by atoms with Gasteiger partial charge in [0.2, 0.25) is 5.82 Å². The smallest absolute Gasteiger partial charge is 0.463 e. The Morgan fingerprint density at radius 1 is 1.41 bits per heavy atom. The number of carbonyl (C=O) groups is 1. The van der Waals surface area contributed by atoms with Crippen molar-refractivity contribution in [1.82, 2.24) is 9.97 Å². The molecule has 2 aromatic rings. The molecule has 17 heavy (non-hydrogen) atoms. The van der Waals surface area contributed by atoms with E-state index in [0.29, 0.717) is 16.4 Å². The van der Waals surface area contributed by atoms with Gasteiger partial charge in [-0.2, -0.15) is 0 Å². The summed E-state index contributed by atoms with van der Waals surface area (Å²) in [4.78, 5) is 19.1. The van der Waals surface area contributed by atoms with Crippen LogP contribution in [0.3, 0.4) is 0 Å². The summed E-state index contributed by atoms with van der Waals surface area (Å²) < 4.78 is 4.50. The minimum atomic E-state index is -1.57. The molecular weight excluding hydrogens is 223 g/mol. The molecule has 86 valence electrons. The molecule has 0 amide bonds. The number of rotatable bonds is 2. The van der Waals surface area contributed by atoms with Gasteiger partial charge >= 0.3 is 13.1 Å². The van der Waals surface area contributed by atoms with Crippen molar-refractivity contribution in [3.8, 4) is 0 Å². The highest BCUT2D eigenvalue weighted by molar-refractivity contribution is 6.58. The van der Waals surface area contributed by atoms with Crippen LogP contribution >= 0.6 is 0 Å². The van der Waals surface area contributed by atoms with Crippen molar-refractivity contribution in [3.05, 3.63) is 30.2 Å². The van der Waals surface area contributed by atoms with E-state index in [0.717, 1.165) is 0 Å². The van der Waals surface area contributed by atoms with Crippen molar-refractivity contribution in [2.24, 2.45) is 0 Å².